The highest BCUT2D eigenvalue weighted by atomic mass is 15.2. The second-order valence-electron chi connectivity index (χ2n) is 4.79. The normalized spacial score (nSPS) is 11.2. The van der Waals surface area contributed by atoms with Crippen LogP contribution < -0.4 is 5.32 Å². The highest BCUT2D eigenvalue weighted by molar-refractivity contribution is 5.38. The monoisotopic (exact) mass is 246 g/mol. The maximum atomic E-state index is 4.39. The first-order valence-electron chi connectivity index (χ1n) is 6.81. The summed E-state index contributed by atoms with van der Waals surface area (Å²) in [5.41, 5.74) is 3.10. The van der Waals surface area contributed by atoms with Gasteiger partial charge in [0.2, 0.25) is 0 Å². The van der Waals surface area contributed by atoms with E-state index in [-0.39, 0.29) is 0 Å². The number of hydrogen-bond acceptors (Lipinski definition) is 3. The summed E-state index contributed by atoms with van der Waals surface area (Å²) < 4.78 is 1.85. The standard InChI is InChI=1S/C14H22N4/c1-3-4-5-6-7-15-9-13-10-16-14-8-12(2)17-18(14)11-13/h8,10-11,15H,3-7,9H2,1-2H3. The summed E-state index contributed by atoms with van der Waals surface area (Å²) in [6.07, 6.45) is 9.17. The van der Waals surface area contributed by atoms with Crippen molar-refractivity contribution in [2.24, 2.45) is 0 Å². The topological polar surface area (TPSA) is 42.2 Å². The Morgan fingerprint density at radius 1 is 1.28 bits per heavy atom. The van der Waals surface area contributed by atoms with E-state index in [2.05, 4.69) is 22.3 Å². The van der Waals surface area contributed by atoms with Gasteiger partial charge in [-0.25, -0.2) is 9.50 Å². The number of nitrogens with one attached hydrogen (secondary N) is 1. The Hall–Kier alpha value is -1.42. The molecule has 1 N–H and O–H groups in total. The van der Waals surface area contributed by atoms with Crippen LogP contribution in [0.4, 0.5) is 0 Å². The fourth-order valence-corrected chi connectivity index (χ4v) is 2.03. The molecule has 4 nitrogen and oxygen atoms in total. The molecule has 2 aromatic rings. The zero-order chi connectivity index (χ0) is 12.8. The number of hydrogen-bond donors (Lipinski definition) is 1. The Morgan fingerprint density at radius 2 is 2.17 bits per heavy atom. The van der Waals surface area contributed by atoms with E-state index in [1.165, 1.54) is 31.2 Å². The van der Waals surface area contributed by atoms with Crippen molar-refractivity contribution in [1.29, 1.82) is 0 Å². The minimum atomic E-state index is 0.869. The van der Waals surface area contributed by atoms with Crippen LogP contribution in [0.3, 0.4) is 0 Å². The summed E-state index contributed by atoms with van der Waals surface area (Å²) >= 11 is 0. The van der Waals surface area contributed by atoms with Crippen molar-refractivity contribution in [2.45, 2.75) is 46.1 Å². The molecule has 4 heteroatoms. The maximum absolute atomic E-state index is 4.39. The van der Waals surface area contributed by atoms with E-state index < -0.39 is 0 Å². The highest BCUT2D eigenvalue weighted by Crippen LogP contribution is 2.04. The van der Waals surface area contributed by atoms with Gasteiger partial charge in [-0.05, 0) is 19.9 Å². The number of unbranched alkanes of at least 4 members (excludes halogenated alkanes) is 3. The molecule has 0 amide bonds. The van der Waals surface area contributed by atoms with Gasteiger partial charge in [-0.15, -0.1) is 0 Å². The molecule has 0 aliphatic heterocycles. The van der Waals surface area contributed by atoms with Gasteiger partial charge in [-0.1, -0.05) is 26.2 Å². The third-order valence-corrected chi connectivity index (χ3v) is 3.03. The molecule has 0 spiro atoms. The summed E-state index contributed by atoms with van der Waals surface area (Å²) in [6.45, 7) is 6.17. The molecule has 0 aliphatic rings. The molecule has 2 heterocycles. The van der Waals surface area contributed by atoms with Crippen LogP contribution in [-0.4, -0.2) is 21.1 Å². The first-order valence-corrected chi connectivity index (χ1v) is 6.81. The van der Waals surface area contributed by atoms with Gasteiger partial charge in [0.1, 0.15) is 0 Å². The fraction of sp³-hybridized carbons (Fsp3) is 0.571. The average Bonchev–Trinajstić information content (AvgIpc) is 2.73. The second-order valence-corrected chi connectivity index (χ2v) is 4.79. The van der Waals surface area contributed by atoms with Crippen molar-refractivity contribution in [3.63, 3.8) is 0 Å². The molecule has 2 rings (SSSR count). The number of nitrogens with zero attached hydrogens (tertiary/aromatic N) is 3. The van der Waals surface area contributed by atoms with Gasteiger partial charge in [-0.2, -0.15) is 5.10 Å². The molecule has 0 aromatic carbocycles. The van der Waals surface area contributed by atoms with Crippen molar-refractivity contribution < 1.29 is 0 Å². The van der Waals surface area contributed by atoms with Crippen molar-refractivity contribution in [3.05, 3.63) is 29.7 Å². The van der Waals surface area contributed by atoms with E-state index in [9.17, 15) is 0 Å². The van der Waals surface area contributed by atoms with Crippen LogP contribution in [0.2, 0.25) is 0 Å². The molecule has 98 valence electrons. The molecule has 0 fully saturated rings. The van der Waals surface area contributed by atoms with Gasteiger partial charge >= 0.3 is 0 Å². The Labute approximate surface area is 108 Å². The zero-order valence-electron chi connectivity index (χ0n) is 11.3. The predicted molar refractivity (Wildman–Crippen MR) is 73.6 cm³/mol. The summed E-state index contributed by atoms with van der Waals surface area (Å²) in [4.78, 5) is 4.39. The molecule has 0 bridgehead atoms. The quantitative estimate of drug-likeness (QED) is 0.764. The Morgan fingerprint density at radius 3 is 3.00 bits per heavy atom. The molecule has 0 radical (unpaired) electrons. The Bertz CT molecular complexity index is 489. The van der Waals surface area contributed by atoms with E-state index in [4.69, 9.17) is 0 Å². The lowest BCUT2D eigenvalue weighted by Gasteiger charge is -2.04. The van der Waals surface area contributed by atoms with Crippen molar-refractivity contribution >= 4 is 5.65 Å². The average molecular weight is 246 g/mol. The summed E-state index contributed by atoms with van der Waals surface area (Å²) in [6, 6.07) is 1.99. The van der Waals surface area contributed by atoms with Crippen molar-refractivity contribution in [2.75, 3.05) is 6.54 Å². The minimum absolute atomic E-state index is 0.869. The van der Waals surface area contributed by atoms with Crippen LogP contribution in [0, 0.1) is 6.92 Å². The molecule has 0 aliphatic carbocycles. The van der Waals surface area contributed by atoms with E-state index in [0.717, 1.165) is 24.4 Å². The maximum Gasteiger partial charge on any atom is 0.155 e. The van der Waals surface area contributed by atoms with Gasteiger partial charge in [-0.3, -0.25) is 0 Å². The largest absolute Gasteiger partial charge is 0.313 e. The van der Waals surface area contributed by atoms with Crippen LogP contribution in [0.25, 0.3) is 5.65 Å². The third-order valence-electron chi connectivity index (χ3n) is 3.03. The van der Waals surface area contributed by atoms with Crippen molar-refractivity contribution in [3.8, 4) is 0 Å². The number of aryl methyl sites for hydroxylation is 1. The van der Waals surface area contributed by atoms with E-state index >= 15 is 0 Å². The number of aromatic nitrogens is 3. The molecule has 0 saturated heterocycles. The lowest BCUT2D eigenvalue weighted by atomic mass is 10.2. The molecule has 18 heavy (non-hydrogen) atoms. The second kappa shape index (κ2) is 6.50. The van der Waals surface area contributed by atoms with Gasteiger partial charge < -0.3 is 5.32 Å². The van der Waals surface area contributed by atoms with E-state index in [1.807, 2.05) is 29.9 Å². The first-order chi connectivity index (χ1) is 8.79. The van der Waals surface area contributed by atoms with Crippen LogP contribution >= 0.6 is 0 Å². The van der Waals surface area contributed by atoms with E-state index in [0.29, 0.717) is 0 Å². The minimum Gasteiger partial charge on any atom is -0.313 e. The molecular formula is C14H22N4. The fourth-order valence-electron chi connectivity index (χ4n) is 2.03. The van der Waals surface area contributed by atoms with Gasteiger partial charge in [0.05, 0.1) is 5.69 Å². The first kappa shape index (κ1) is 13.0. The summed E-state index contributed by atoms with van der Waals surface area (Å²) in [7, 11) is 0. The van der Waals surface area contributed by atoms with Crippen LogP contribution in [0.5, 0.6) is 0 Å². The molecule has 0 saturated carbocycles. The summed E-state index contributed by atoms with van der Waals surface area (Å²) in [5.74, 6) is 0. The number of fused-ring (bicyclic) bond motifs is 1. The molecule has 2 aromatic heterocycles. The SMILES string of the molecule is CCCCCCNCc1cnc2cc(C)nn2c1. The molecule has 0 atom stereocenters. The van der Waals surface area contributed by atoms with Gasteiger partial charge in [0.15, 0.2) is 5.65 Å². The smallest absolute Gasteiger partial charge is 0.155 e. The lowest BCUT2D eigenvalue weighted by Crippen LogP contribution is -2.15. The van der Waals surface area contributed by atoms with E-state index in [1.54, 1.807) is 0 Å². The molecule has 0 unspecified atom stereocenters. The molecular weight excluding hydrogens is 224 g/mol. The lowest BCUT2D eigenvalue weighted by molar-refractivity contribution is 0.596. The Kier molecular flexibility index (Phi) is 4.70. The predicted octanol–water partition coefficient (Wildman–Crippen LogP) is 2.71. The van der Waals surface area contributed by atoms with Gasteiger partial charge in [0, 0.05) is 30.6 Å². The van der Waals surface area contributed by atoms with Gasteiger partial charge in [0.25, 0.3) is 0 Å². The Balaban J connectivity index is 1.80. The third kappa shape index (κ3) is 3.53. The van der Waals surface area contributed by atoms with Crippen LogP contribution in [-0.2, 0) is 6.54 Å². The van der Waals surface area contributed by atoms with Crippen LogP contribution in [0.15, 0.2) is 18.5 Å². The summed E-state index contributed by atoms with van der Waals surface area (Å²) in [5, 5.41) is 7.82. The number of rotatable bonds is 7. The highest BCUT2D eigenvalue weighted by Gasteiger charge is 2.00. The zero-order valence-corrected chi connectivity index (χ0v) is 11.3. The van der Waals surface area contributed by atoms with Crippen LogP contribution in [0.1, 0.15) is 43.9 Å². The van der Waals surface area contributed by atoms with Crippen molar-refractivity contribution in [1.82, 2.24) is 19.9 Å².